The number of hydrogen-bond acceptors (Lipinski definition) is 7. The molecule has 0 aromatic heterocycles. The third kappa shape index (κ3) is 6.06. The van der Waals surface area contributed by atoms with Crippen LogP contribution in [0.3, 0.4) is 0 Å². The molecule has 1 amide bonds. The molecule has 0 aliphatic rings. The summed E-state index contributed by atoms with van der Waals surface area (Å²) in [5.74, 6) is -0.767. The van der Waals surface area contributed by atoms with Crippen molar-refractivity contribution in [2.75, 3.05) is 35.6 Å². The molecule has 0 bridgehead atoms. The van der Waals surface area contributed by atoms with E-state index in [0.717, 1.165) is 0 Å². The van der Waals surface area contributed by atoms with E-state index in [4.69, 9.17) is 5.11 Å². The number of aliphatic hydroxyl groups is 1. The van der Waals surface area contributed by atoms with Gasteiger partial charge >= 0.3 is 6.61 Å². The first-order chi connectivity index (χ1) is 13.4. The zero-order valence-electron chi connectivity index (χ0n) is 14.5. The van der Waals surface area contributed by atoms with Crippen molar-refractivity contribution >= 4 is 28.7 Å². The number of alkyl halides is 2. The third-order valence-electron chi connectivity index (χ3n) is 3.46. The number of carbonyl (C=O) groups is 1. The second kappa shape index (κ2) is 10.0. The molecule has 4 N–H and O–H groups in total. The molecule has 0 heterocycles. The SMILES string of the molecule is O=C(CNc1cc([N+](=O)[O-])ccc1NCCO)Nc1ccccc1OC(F)F. The summed E-state index contributed by atoms with van der Waals surface area (Å²) in [6.45, 7) is -3.28. The number of amides is 1. The molecule has 0 saturated carbocycles. The lowest BCUT2D eigenvalue weighted by atomic mass is 10.2. The number of hydrogen-bond donors (Lipinski definition) is 4. The first-order valence-corrected chi connectivity index (χ1v) is 8.11. The number of nitrogens with one attached hydrogen (secondary N) is 3. The Kier molecular flexibility index (Phi) is 7.45. The van der Waals surface area contributed by atoms with Crippen LogP contribution in [0, 0.1) is 10.1 Å². The van der Waals surface area contributed by atoms with Crippen molar-refractivity contribution in [3.05, 3.63) is 52.6 Å². The molecule has 9 nitrogen and oxygen atoms in total. The number of rotatable bonds is 10. The lowest BCUT2D eigenvalue weighted by Gasteiger charge is -2.14. The van der Waals surface area contributed by atoms with Crippen LogP contribution in [-0.4, -0.2) is 42.2 Å². The molecule has 0 fully saturated rings. The summed E-state index contributed by atoms with van der Waals surface area (Å²) in [7, 11) is 0. The van der Waals surface area contributed by atoms with Crippen LogP contribution in [0.25, 0.3) is 0 Å². The molecule has 2 aromatic carbocycles. The molecule has 2 rings (SSSR count). The summed E-state index contributed by atoms with van der Waals surface area (Å²) in [5, 5.41) is 27.9. The number of anilines is 3. The Morgan fingerprint density at radius 3 is 2.57 bits per heavy atom. The molecule has 0 aliphatic carbocycles. The van der Waals surface area contributed by atoms with Crippen LogP contribution in [0.1, 0.15) is 0 Å². The lowest BCUT2D eigenvalue weighted by molar-refractivity contribution is -0.384. The van der Waals surface area contributed by atoms with Crippen LogP contribution in [0.5, 0.6) is 5.75 Å². The van der Waals surface area contributed by atoms with Crippen LogP contribution in [0.4, 0.5) is 31.5 Å². The number of halogens is 2. The molecule has 11 heteroatoms. The zero-order valence-corrected chi connectivity index (χ0v) is 14.5. The van der Waals surface area contributed by atoms with E-state index in [1.54, 1.807) is 6.07 Å². The normalized spacial score (nSPS) is 10.4. The van der Waals surface area contributed by atoms with E-state index >= 15 is 0 Å². The van der Waals surface area contributed by atoms with Crippen molar-refractivity contribution in [1.82, 2.24) is 0 Å². The van der Waals surface area contributed by atoms with E-state index < -0.39 is 17.4 Å². The number of carbonyl (C=O) groups excluding carboxylic acids is 1. The van der Waals surface area contributed by atoms with Gasteiger partial charge in [-0.1, -0.05) is 12.1 Å². The number of nitro groups is 1. The predicted molar refractivity (Wildman–Crippen MR) is 98.9 cm³/mol. The van der Waals surface area contributed by atoms with Gasteiger partial charge in [0.25, 0.3) is 5.69 Å². The minimum Gasteiger partial charge on any atom is -0.433 e. The molecule has 0 atom stereocenters. The lowest BCUT2D eigenvalue weighted by Crippen LogP contribution is -2.23. The van der Waals surface area contributed by atoms with Crippen LogP contribution < -0.4 is 20.7 Å². The average Bonchev–Trinajstić information content (AvgIpc) is 2.66. The van der Waals surface area contributed by atoms with Crippen molar-refractivity contribution in [3.63, 3.8) is 0 Å². The molecule has 0 spiro atoms. The number of nitrogens with zero attached hydrogens (tertiary/aromatic N) is 1. The highest BCUT2D eigenvalue weighted by Gasteiger charge is 2.14. The number of aliphatic hydroxyl groups excluding tert-OH is 1. The Bertz CT molecular complexity index is 835. The van der Waals surface area contributed by atoms with E-state index in [0.29, 0.717) is 5.69 Å². The molecule has 28 heavy (non-hydrogen) atoms. The number of benzene rings is 2. The van der Waals surface area contributed by atoms with Gasteiger partial charge in [-0.2, -0.15) is 8.78 Å². The highest BCUT2D eigenvalue weighted by Crippen LogP contribution is 2.28. The van der Waals surface area contributed by atoms with Gasteiger partial charge in [0.15, 0.2) is 0 Å². The molecule has 150 valence electrons. The fraction of sp³-hybridized carbons (Fsp3) is 0.235. The summed E-state index contributed by atoms with van der Waals surface area (Å²) in [6, 6.07) is 9.67. The quantitative estimate of drug-likeness (QED) is 0.359. The van der Waals surface area contributed by atoms with Crippen molar-refractivity contribution < 1.29 is 28.3 Å². The van der Waals surface area contributed by atoms with Crippen molar-refractivity contribution in [1.29, 1.82) is 0 Å². The summed E-state index contributed by atoms with van der Waals surface area (Å²) in [6.07, 6.45) is 0. The maximum absolute atomic E-state index is 12.4. The second-order valence-corrected chi connectivity index (χ2v) is 5.41. The summed E-state index contributed by atoms with van der Waals surface area (Å²) in [4.78, 5) is 22.5. The number of ether oxygens (including phenoxy) is 1. The first kappa shape index (κ1) is 20.8. The van der Waals surface area contributed by atoms with Crippen molar-refractivity contribution in [2.45, 2.75) is 6.61 Å². The van der Waals surface area contributed by atoms with Crippen LogP contribution in [0.2, 0.25) is 0 Å². The van der Waals surface area contributed by atoms with Crippen LogP contribution in [-0.2, 0) is 4.79 Å². The second-order valence-electron chi connectivity index (χ2n) is 5.41. The Balaban J connectivity index is 2.08. The van der Waals surface area contributed by atoms with Crippen LogP contribution in [0.15, 0.2) is 42.5 Å². The van der Waals surface area contributed by atoms with Gasteiger partial charge in [-0.3, -0.25) is 14.9 Å². The first-order valence-electron chi connectivity index (χ1n) is 8.11. The standard InChI is InChI=1S/C17H18F2N4O5/c18-17(19)28-15-4-2-1-3-13(15)22-16(25)10-21-14-9-11(23(26)27)5-6-12(14)20-7-8-24/h1-6,9,17,20-21,24H,7-8,10H2,(H,22,25). The number of nitro benzene ring substituents is 1. The van der Waals surface area contributed by atoms with Gasteiger partial charge in [0.2, 0.25) is 5.91 Å². The molecule has 0 radical (unpaired) electrons. The molecule has 0 saturated heterocycles. The van der Waals surface area contributed by atoms with Gasteiger partial charge in [-0.15, -0.1) is 0 Å². The molecule has 0 aliphatic heterocycles. The van der Waals surface area contributed by atoms with Gasteiger partial charge in [-0.05, 0) is 18.2 Å². The monoisotopic (exact) mass is 396 g/mol. The van der Waals surface area contributed by atoms with Crippen LogP contribution >= 0.6 is 0 Å². The maximum atomic E-state index is 12.4. The maximum Gasteiger partial charge on any atom is 0.387 e. The molecule has 2 aromatic rings. The largest absolute Gasteiger partial charge is 0.433 e. The molecular weight excluding hydrogens is 378 g/mol. The fourth-order valence-electron chi connectivity index (χ4n) is 2.28. The minimum atomic E-state index is -3.04. The smallest absolute Gasteiger partial charge is 0.387 e. The Morgan fingerprint density at radius 2 is 1.89 bits per heavy atom. The van der Waals surface area contributed by atoms with Gasteiger partial charge in [0.1, 0.15) is 5.75 Å². The number of para-hydroxylation sites is 2. The van der Waals surface area contributed by atoms with Gasteiger partial charge in [-0.25, -0.2) is 0 Å². The van der Waals surface area contributed by atoms with E-state index in [-0.39, 0.29) is 42.5 Å². The Labute approximate surface area is 158 Å². The molecule has 0 unspecified atom stereocenters. The number of non-ortho nitro benzene ring substituents is 1. The third-order valence-corrected chi connectivity index (χ3v) is 3.46. The van der Waals surface area contributed by atoms with E-state index in [1.165, 1.54) is 36.4 Å². The zero-order chi connectivity index (χ0) is 20.5. The van der Waals surface area contributed by atoms with Gasteiger partial charge in [0.05, 0.1) is 35.1 Å². The Hall–Kier alpha value is -3.47. The van der Waals surface area contributed by atoms with E-state index in [9.17, 15) is 23.7 Å². The predicted octanol–water partition coefficient (Wildman–Crippen LogP) is 2.65. The highest BCUT2D eigenvalue weighted by atomic mass is 19.3. The summed E-state index contributed by atoms with van der Waals surface area (Å²) in [5.41, 5.74) is 0.601. The van der Waals surface area contributed by atoms with Crippen molar-refractivity contribution in [3.8, 4) is 5.75 Å². The van der Waals surface area contributed by atoms with Crippen molar-refractivity contribution in [2.24, 2.45) is 0 Å². The van der Waals surface area contributed by atoms with E-state index in [1.807, 2.05) is 0 Å². The van der Waals surface area contributed by atoms with Gasteiger partial charge in [0, 0.05) is 18.7 Å². The summed E-state index contributed by atoms with van der Waals surface area (Å²) >= 11 is 0. The topological polar surface area (TPSA) is 126 Å². The highest BCUT2D eigenvalue weighted by molar-refractivity contribution is 5.95. The van der Waals surface area contributed by atoms with E-state index in [2.05, 4.69) is 20.7 Å². The Morgan fingerprint density at radius 1 is 1.14 bits per heavy atom. The van der Waals surface area contributed by atoms with Gasteiger partial charge < -0.3 is 25.8 Å². The average molecular weight is 396 g/mol. The fourth-order valence-corrected chi connectivity index (χ4v) is 2.28. The summed E-state index contributed by atoms with van der Waals surface area (Å²) < 4.78 is 29.2. The molecular formula is C17H18F2N4O5. The minimum absolute atomic E-state index is 0.0623.